The Hall–Kier alpha value is -0.0900. The number of nitrogens with one attached hydrogen (secondary N) is 1. The van der Waals surface area contributed by atoms with E-state index in [0.29, 0.717) is 5.92 Å². The average molecular weight is 260 g/mol. The van der Waals surface area contributed by atoms with Crippen LogP contribution in [0.1, 0.15) is 24.6 Å². The minimum absolute atomic E-state index is 0.349. The van der Waals surface area contributed by atoms with Crippen molar-refractivity contribution in [1.82, 2.24) is 5.32 Å². The lowest BCUT2D eigenvalue weighted by Crippen LogP contribution is -2.51. The Bertz CT molecular complexity index is 355. The Labute approximate surface area is 106 Å². The Kier molecular flexibility index (Phi) is 3.90. The van der Waals surface area contributed by atoms with Gasteiger partial charge in [-0.1, -0.05) is 18.5 Å². The minimum Gasteiger partial charge on any atom is -0.389 e. The number of hydrogen-bond acceptors (Lipinski definition) is 3. The van der Waals surface area contributed by atoms with Crippen LogP contribution in [0.15, 0.2) is 12.1 Å². The fraction of sp³-hybridized carbons (Fsp3) is 0.667. The number of thiophene rings is 1. The predicted molar refractivity (Wildman–Crippen MR) is 69.3 cm³/mol. The lowest BCUT2D eigenvalue weighted by Gasteiger charge is -2.40. The summed E-state index contributed by atoms with van der Waals surface area (Å²) in [5.41, 5.74) is -0.547. The molecule has 1 aliphatic rings. The first kappa shape index (κ1) is 12.4. The van der Waals surface area contributed by atoms with E-state index in [4.69, 9.17) is 11.6 Å². The summed E-state index contributed by atoms with van der Waals surface area (Å²) in [6.45, 7) is 3.97. The number of halogens is 1. The van der Waals surface area contributed by atoms with E-state index in [-0.39, 0.29) is 0 Å². The van der Waals surface area contributed by atoms with Gasteiger partial charge in [0.05, 0.1) is 9.94 Å². The molecule has 2 nitrogen and oxygen atoms in total. The maximum Gasteiger partial charge on any atom is 0.0931 e. The number of hydrogen-bond donors (Lipinski definition) is 2. The summed E-state index contributed by atoms with van der Waals surface area (Å²) in [6.07, 6.45) is 2.59. The molecule has 2 rings (SSSR count). The second kappa shape index (κ2) is 5.05. The van der Waals surface area contributed by atoms with Crippen LogP contribution in [0.2, 0.25) is 4.34 Å². The zero-order chi connectivity index (χ0) is 11.6. The molecule has 0 radical (unpaired) electrons. The molecule has 1 saturated heterocycles. The number of rotatable bonds is 3. The molecule has 2 N–H and O–H groups in total. The van der Waals surface area contributed by atoms with E-state index in [1.807, 2.05) is 12.1 Å². The van der Waals surface area contributed by atoms with Crippen LogP contribution in [0.5, 0.6) is 0 Å². The molecule has 2 heterocycles. The van der Waals surface area contributed by atoms with Crippen LogP contribution in [0, 0.1) is 5.92 Å². The van der Waals surface area contributed by atoms with Gasteiger partial charge in [-0.3, -0.25) is 0 Å². The highest BCUT2D eigenvalue weighted by molar-refractivity contribution is 7.16. The average Bonchev–Trinajstić information content (AvgIpc) is 2.64. The Morgan fingerprint density at radius 2 is 2.44 bits per heavy atom. The van der Waals surface area contributed by atoms with Crippen LogP contribution in [0.4, 0.5) is 0 Å². The summed E-state index contributed by atoms with van der Waals surface area (Å²) in [7, 11) is 0. The van der Waals surface area contributed by atoms with Crippen LogP contribution >= 0.6 is 22.9 Å². The predicted octanol–water partition coefficient (Wildman–Crippen LogP) is 2.69. The molecule has 0 bridgehead atoms. The van der Waals surface area contributed by atoms with Crippen molar-refractivity contribution < 1.29 is 5.11 Å². The zero-order valence-corrected chi connectivity index (χ0v) is 11.1. The molecule has 4 heteroatoms. The molecule has 2 atom stereocenters. The molecule has 1 aliphatic heterocycles. The first-order valence-electron chi connectivity index (χ1n) is 5.81. The van der Waals surface area contributed by atoms with E-state index in [2.05, 4.69) is 12.2 Å². The lowest BCUT2D eigenvalue weighted by atomic mass is 9.77. The second-order valence-corrected chi connectivity index (χ2v) is 6.35. The van der Waals surface area contributed by atoms with Crippen molar-refractivity contribution in [2.24, 2.45) is 5.92 Å². The van der Waals surface area contributed by atoms with Gasteiger partial charge < -0.3 is 10.4 Å². The fourth-order valence-electron chi connectivity index (χ4n) is 2.48. The Balaban J connectivity index is 2.10. The summed E-state index contributed by atoms with van der Waals surface area (Å²) in [5.74, 6) is 0.349. The molecule has 0 amide bonds. The molecule has 1 aromatic heterocycles. The van der Waals surface area contributed by atoms with Gasteiger partial charge in [-0.05, 0) is 31.5 Å². The van der Waals surface area contributed by atoms with E-state index in [1.165, 1.54) is 4.88 Å². The number of aliphatic hydroxyl groups is 1. The van der Waals surface area contributed by atoms with Gasteiger partial charge in [0.2, 0.25) is 0 Å². The lowest BCUT2D eigenvalue weighted by molar-refractivity contribution is -0.0408. The first-order valence-corrected chi connectivity index (χ1v) is 7.01. The normalized spacial score (nSPS) is 30.6. The van der Waals surface area contributed by atoms with Gasteiger partial charge in [-0.2, -0.15) is 0 Å². The number of piperidine rings is 1. The standard InChI is InChI=1S/C12H18ClNOS/c1-2-9-8-14-6-5-12(9,15)7-10-3-4-11(13)16-10/h3-4,9,14-15H,2,5-8H2,1H3. The van der Waals surface area contributed by atoms with E-state index in [0.717, 1.165) is 36.7 Å². The van der Waals surface area contributed by atoms with Crippen LogP contribution in [0.3, 0.4) is 0 Å². The minimum atomic E-state index is -0.547. The van der Waals surface area contributed by atoms with Crippen molar-refractivity contribution in [3.05, 3.63) is 21.3 Å². The molecule has 90 valence electrons. The van der Waals surface area contributed by atoms with Crippen LogP contribution in [-0.2, 0) is 6.42 Å². The van der Waals surface area contributed by atoms with Gasteiger partial charge in [0.15, 0.2) is 0 Å². The smallest absolute Gasteiger partial charge is 0.0931 e. The summed E-state index contributed by atoms with van der Waals surface area (Å²) in [6, 6.07) is 3.94. The maximum atomic E-state index is 10.7. The molecule has 1 fully saturated rings. The molecule has 0 spiro atoms. The largest absolute Gasteiger partial charge is 0.389 e. The van der Waals surface area contributed by atoms with Crippen molar-refractivity contribution in [3.63, 3.8) is 0 Å². The Morgan fingerprint density at radius 1 is 1.62 bits per heavy atom. The van der Waals surface area contributed by atoms with Gasteiger partial charge in [0.1, 0.15) is 0 Å². The van der Waals surface area contributed by atoms with Crippen molar-refractivity contribution >= 4 is 22.9 Å². The van der Waals surface area contributed by atoms with E-state index in [9.17, 15) is 5.11 Å². The summed E-state index contributed by atoms with van der Waals surface area (Å²) in [4.78, 5) is 1.19. The first-order chi connectivity index (χ1) is 7.64. The Morgan fingerprint density at radius 3 is 3.06 bits per heavy atom. The monoisotopic (exact) mass is 259 g/mol. The topological polar surface area (TPSA) is 32.3 Å². The van der Waals surface area contributed by atoms with Crippen LogP contribution in [-0.4, -0.2) is 23.8 Å². The molecular formula is C12H18ClNOS. The van der Waals surface area contributed by atoms with Crippen molar-refractivity contribution in [1.29, 1.82) is 0 Å². The third-order valence-corrected chi connectivity index (χ3v) is 4.72. The highest BCUT2D eigenvalue weighted by Crippen LogP contribution is 2.33. The summed E-state index contributed by atoms with van der Waals surface area (Å²) < 4.78 is 0.806. The maximum absolute atomic E-state index is 10.7. The molecular weight excluding hydrogens is 242 g/mol. The molecule has 1 aromatic rings. The van der Waals surface area contributed by atoms with Crippen LogP contribution in [0.25, 0.3) is 0 Å². The quantitative estimate of drug-likeness (QED) is 0.875. The molecule has 0 saturated carbocycles. The summed E-state index contributed by atoms with van der Waals surface area (Å²) in [5, 5.41) is 14.1. The van der Waals surface area contributed by atoms with Crippen molar-refractivity contribution in [3.8, 4) is 0 Å². The SMILES string of the molecule is CCC1CNCCC1(O)Cc1ccc(Cl)s1. The molecule has 0 aromatic carbocycles. The van der Waals surface area contributed by atoms with Gasteiger partial charge in [-0.15, -0.1) is 11.3 Å². The van der Waals surface area contributed by atoms with Crippen molar-refractivity contribution in [2.45, 2.75) is 31.8 Å². The third-order valence-electron chi connectivity index (χ3n) is 3.49. The van der Waals surface area contributed by atoms with Gasteiger partial charge in [0.25, 0.3) is 0 Å². The van der Waals surface area contributed by atoms with Gasteiger partial charge in [0, 0.05) is 23.8 Å². The molecule has 2 unspecified atom stereocenters. The second-order valence-electron chi connectivity index (χ2n) is 4.55. The zero-order valence-electron chi connectivity index (χ0n) is 9.50. The van der Waals surface area contributed by atoms with Gasteiger partial charge >= 0.3 is 0 Å². The molecule has 0 aliphatic carbocycles. The van der Waals surface area contributed by atoms with Crippen molar-refractivity contribution in [2.75, 3.05) is 13.1 Å². The van der Waals surface area contributed by atoms with Crippen LogP contribution < -0.4 is 5.32 Å². The highest BCUT2D eigenvalue weighted by Gasteiger charge is 2.37. The fourth-order valence-corrected chi connectivity index (χ4v) is 3.69. The van der Waals surface area contributed by atoms with Gasteiger partial charge in [-0.25, -0.2) is 0 Å². The van der Waals surface area contributed by atoms with E-state index >= 15 is 0 Å². The summed E-state index contributed by atoms with van der Waals surface area (Å²) >= 11 is 7.50. The van der Waals surface area contributed by atoms with E-state index < -0.39 is 5.60 Å². The van der Waals surface area contributed by atoms with E-state index in [1.54, 1.807) is 11.3 Å². The highest BCUT2D eigenvalue weighted by atomic mass is 35.5. The third kappa shape index (κ3) is 2.59. The molecule has 16 heavy (non-hydrogen) atoms.